The van der Waals surface area contributed by atoms with Crippen LogP contribution in [0.5, 0.6) is 0 Å². The molecule has 3 rings (SSSR count). The Balaban J connectivity index is 1.93. The topological polar surface area (TPSA) is 87.7 Å². The summed E-state index contributed by atoms with van der Waals surface area (Å²) in [6.45, 7) is 6.39. The molecular weight excluding hydrogens is 370 g/mol. The van der Waals surface area contributed by atoms with E-state index in [2.05, 4.69) is 17.6 Å². The summed E-state index contributed by atoms with van der Waals surface area (Å²) in [5, 5.41) is 5.86. The van der Waals surface area contributed by atoms with Crippen LogP contribution in [-0.2, 0) is 14.3 Å². The molecule has 0 bridgehead atoms. The molecular formula is C22H29N3O4. The van der Waals surface area contributed by atoms with E-state index in [0.717, 1.165) is 31.2 Å². The third kappa shape index (κ3) is 4.78. The van der Waals surface area contributed by atoms with Crippen molar-refractivity contribution in [2.45, 2.75) is 52.5 Å². The molecule has 1 saturated carbocycles. The number of nitrogens with one attached hydrogen (secondary N) is 2. The van der Waals surface area contributed by atoms with Gasteiger partial charge in [0.1, 0.15) is 0 Å². The normalized spacial score (nSPS) is 19.1. The van der Waals surface area contributed by atoms with Gasteiger partial charge < -0.3 is 15.4 Å². The van der Waals surface area contributed by atoms with Crippen molar-refractivity contribution in [1.82, 2.24) is 10.2 Å². The van der Waals surface area contributed by atoms with Gasteiger partial charge in [-0.25, -0.2) is 9.59 Å². The van der Waals surface area contributed by atoms with Crippen LogP contribution in [0, 0.1) is 5.92 Å². The Morgan fingerprint density at radius 3 is 2.69 bits per heavy atom. The SMILES string of the molecule is CCCCN1C(=O)NC(c2cccc(NC(=O)C3CC3)c2)C(C(=O)OCC)=C1C. The number of carbonyl (C=O) groups excluding carboxylic acids is 3. The second-order valence-corrected chi connectivity index (χ2v) is 7.50. The number of nitrogens with zero attached hydrogens (tertiary/aromatic N) is 1. The highest BCUT2D eigenvalue weighted by atomic mass is 16.5. The molecule has 0 saturated heterocycles. The third-order valence-electron chi connectivity index (χ3n) is 5.26. The molecule has 1 atom stereocenters. The number of hydrogen-bond acceptors (Lipinski definition) is 4. The number of rotatable bonds is 8. The smallest absolute Gasteiger partial charge is 0.338 e. The van der Waals surface area contributed by atoms with Gasteiger partial charge in [0.15, 0.2) is 0 Å². The van der Waals surface area contributed by atoms with Gasteiger partial charge in [0, 0.05) is 23.8 Å². The minimum Gasteiger partial charge on any atom is -0.463 e. The van der Waals surface area contributed by atoms with E-state index in [1.54, 1.807) is 24.8 Å². The second-order valence-electron chi connectivity index (χ2n) is 7.50. The Morgan fingerprint density at radius 1 is 1.28 bits per heavy atom. The van der Waals surface area contributed by atoms with E-state index in [1.807, 2.05) is 18.2 Å². The Labute approximate surface area is 171 Å². The third-order valence-corrected chi connectivity index (χ3v) is 5.26. The summed E-state index contributed by atoms with van der Waals surface area (Å²) >= 11 is 0. The van der Waals surface area contributed by atoms with Crippen molar-refractivity contribution >= 4 is 23.6 Å². The fourth-order valence-corrected chi connectivity index (χ4v) is 3.48. The Hall–Kier alpha value is -2.83. The summed E-state index contributed by atoms with van der Waals surface area (Å²) in [6, 6.07) is 6.40. The molecule has 1 unspecified atom stereocenters. The number of anilines is 1. The molecule has 0 spiro atoms. The molecule has 2 N–H and O–H groups in total. The largest absolute Gasteiger partial charge is 0.463 e. The van der Waals surface area contributed by atoms with Gasteiger partial charge in [0.2, 0.25) is 5.91 Å². The predicted molar refractivity (Wildman–Crippen MR) is 110 cm³/mol. The van der Waals surface area contributed by atoms with E-state index in [9.17, 15) is 14.4 Å². The average molecular weight is 399 g/mol. The zero-order valence-corrected chi connectivity index (χ0v) is 17.3. The lowest BCUT2D eigenvalue weighted by Crippen LogP contribution is -2.48. The summed E-state index contributed by atoms with van der Waals surface area (Å²) in [5.41, 5.74) is 2.42. The zero-order valence-electron chi connectivity index (χ0n) is 17.3. The summed E-state index contributed by atoms with van der Waals surface area (Å²) in [6.07, 6.45) is 3.63. The number of esters is 1. The molecule has 3 amide bonds. The molecule has 1 heterocycles. The van der Waals surface area contributed by atoms with Crippen LogP contribution in [0.25, 0.3) is 0 Å². The van der Waals surface area contributed by atoms with Gasteiger partial charge in [-0.3, -0.25) is 9.69 Å². The van der Waals surface area contributed by atoms with Gasteiger partial charge in [-0.1, -0.05) is 25.5 Å². The minimum atomic E-state index is -0.628. The van der Waals surface area contributed by atoms with Crippen molar-refractivity contribution in [2.24, 2.45) is 5.92 Å². The van der Waals surface area contributed by atoms with E-state index < -0.39 is 12.0 Å². The number of ether oxygens (including phenoxy) is 1. The van der Waals surface area contributed by atoms with E-state index in [-0.39, 0.29) is 24.5 Å². The fraction of sp³-hybridized carbons (Fsp3) is 0.500. The highest BCUT2D eigenvalue weighted by Crippen LogP contribution is 2.34. The summed E-state index contributed by atoms with van der Waals surface area (Å²) < 4.78 is 5.28. The monoisotopic (exact) mass is 399 g/mol. The quantitative estimate of drug-likeness (QED) is 0.652. The number of allylic oxidation sites excluding steroid dienone is 1. The maximum Gasteiger partial charge on any atom is 0.338 e. The number of benzene rings is 1. The molecule has 1 aromatic rings. The zero-order chi connectivity index (χ0) is 21.0. The molecule has 7 nitrogen and oxygen atoms in total. The van der Waals surface area contributed by atoms with Crippen LogP contribution in [0.4, 0.5) is 10.5 Å². The first-order chi connectivity index (χ1) is 14.0. The number of urea groups is 1. The van der Waals surface area contributed by atoms with E-state index in [1.165, 1.54) is 0 Å². The Bertz CT molecular complexity index is 829. The lowest BCUT2D eigenvalue weighted by atomic mass is 9.94. The maximum absolute atomic E-state index is 12.8. The maximum atomic E-state index is 12.8. The van der Waals surface area contributed by atoms with E-state index in [0.29, 0.717) is 23.5 Å². The Morgan fingerprint density at radius 2 is 2.03 bits per heavy atom. The minimum absolute atomic E-state index is 0.0120. The highest BCUT2D eigenvalue weighted by molar-refractivity contribution is 5.96. The Kier molecular flexibility index (Phi) is 6.56. The standard InChI is InChI=1S/C22H29N3O4/c1-4-6-12-25-14(3)18(21(27)29-5-2)19(24-22(25)28)16-8-7-9-17(13-16)23-20(26)15-10-11-15/h7-9,13,15,19H,4-6,10-12H2,1-3H3,(H,23,26)(H,24,28). The second kappa shape index (κ2) is 9.11. The van der Waals surface area contributed by atoms with Crippen molar-refractivity contribution in [3.8, 4) is 0 Å². The van der Waals surface area contributed by atoms with Crippen LogP contribution in [0.2, 0.25) is 0 Å². The molecule has 0 aromatic heterocycles. The summed E-state index contributed by atoms with van der Waals surface area (Å²) in [7, 11) is 0. The first-order valence-electron chi connectivity index (χ1n) is 10.3. The first kappa shape index (κ1) is 20.9. The lowest BCUT2D eigenvalue weighted by molar-refractivity contribution is -0.139. The van der Waals surface area contributed by atoms with Gasteiger partial charge in [0.05, 0.1) is 18.2 Å². The molecule has 2 aliphatic rings. The average Bonchev–Trinajstić information content (AvgIpc) is 3.53. The van der Waals surface area contributed by atoms with Crippen LogP contribution in [0.15, 0.2) is 35.5 Å². The fourth-order valence-electron chi connectivity index (χ4n) is 3.48. The van der Waals surface area contributed by atoms with Crippen LogP contribution < -0.4 is 10.6 Å². The van der Waals surface area contributed by atoms with Crippen molar-refractivity contribution in [1.29, 1.82) is 0 Å². The van der Waals surface area contributed by atoms with Gasteiger partial charge in [-0.2, -0.15) is 0 Å². The molecule has 1 fully saturated rings. The highest BCUT2D eigenvalue weighted by Gasteiger charge is 2.36. The van der Waals surface area contributed by atoms with Gasteiger partial charge in [0.25, 0.3) is 0 Å². The van der Waals surface area contributed by atoms with Gasteiger partial charge in [-0.15, -0.1) is 0 Å². The molecule has 156 valence electrons. The van der Waals surface area contributed by atoms with Crippen LogP contribution in [0.3, 0.4) is 0 Å². The van der Waals surface area contributed by atoms with Gasteiger partial charge in [-0.05, 0) is 50.8 Å². The number of hydrogen-bond donors (Lipinski definition) is 2. The molecule has 0 radical (unpaired) electrons. The number of carbonyl (C=O) groups is 3. The first-order valence-corrected chi connectivity index (χ1v) is 10.3. The van der Waals surface area contributed by atoms with Crippen molar-refractivity contribution in [2.75, 3.05) is 18.5 Å². The van der Waals surface area contributed by atoms with Crippen molar-refractivity contribution in [3.05, 3.63) is 41.1 Å². The molecule has 1 aromatic carbocycles. The van der Waals surface area contributed by atoms with E-state index in [4.69, 9.17) is 4.74 Å². The van der Waals surface area contributed by atoms with Gasteiger partial charge >= 0.3 is 12.0 Å². The summed E-state index contributed by atoms with van der Waals surface area (Å²) in [5.74, 6) is -0.334. The number of amides is 3. The van der Waals surface area contributed by atoms with E-state index >= 15 is 0 Å². The molecule has 1 aliphatic heterocycles. The molecule has 1 aliphatic carbocycles. The van der Waals surface area contributed by atoms with Crippen LogP contribution in [0.1, 0.15) is 58.1 Å². The predicted octanol–water partition coefficient (Wildman–Crippen LogP) is 3.74. The number of unbranched alkanes of at least 4 members (excludes halogenated alkanes) is 1. The van der Waals surface area contributed by atoms with Crippen molar-refractivity contribution in [3.63, 3.8) is 0 Å². The van der Waals surface area contributed by atoms with Crippen LogP contribution in [-0.4, -0.2) is 36.0 Å². The molecule has 29 heavy (non-hydrogen) atoms. The lowest BCUT2D eigenvalue weighted by Gasteiger charge is -2.35. The summed E-state index contributed by atoms with van der Waals surface area (Å²) in [4.78, 5) is 39.2. The molecule has 7 heteroatoms. The van der Waals surface area contributed by atoms with Crippen molar-refractivity contribution < 1.29 is 19.1 Å². The van der Waals surface area contributed by atoms with Crippen LogP contribution >= 0.6 is 0 Å².